The zero-order chi connectivity index (χ0) is 9.35. The standard InChI is InChI=1S/C7H11N3O2/c1-7(2,12)6(11)5-4-8-9-10(5)3/h4,12H,1-3H3. The summed E-state index contributed by atoms with van der Waals surface area (Å²) in [6, 6.07) is 0. The minimum Gasteiger partial charge on any atom is -0.382 e. The van der Waals surface area contributed by atoms with Gasteiger partial charge >= 0.3 is 0 Å². The molecule has 0 aliphatic rings. The van der Waals surface area contributed by atoms with Crippen molar-refractivity contribution in [3.63, 3.8) is 0 Å². The highest BCUT2D eigenvalue weighted by atomic mass is 16.3. The first kappa shape index (κ1) is 8.86. The summed E-state index contributed by atoms with van der Waals surface area (Å²) in [5.74, 6) is -0.380. The summed E-state index contributed by atoms with van der Waals surface area (Å²) in [6.07, 6.45) is 1.33. The van der Waals surface area contributed by atoms with Crippen LogP contribution in [0, 0.1) is 0 Å². The van der Waals surface area contributed by atoms with Gasteiger partial charge in [-0.05, 0) is 13.8 Å². The summed E-state index contributed by atoms with van der Waals surface area (Å²) in [4.78, 5) is 11.4. The number of carbonyl (C=O) groups is 1. The molecule has 0 unspecified atom stereocenters. The Kier molecular flexibility index (Phi) is 1.97. The maximum absolute atomic E-state index is 11.4. The Hall–Kier alpha value is -1.23. The molecule has 0 fully saturated rings. The highest BCUT2D eigenvalue weighted by Gasteiger charge is 2.27. The molecule has 66 valence electrons. The minimum atomic E-state index is -1.37. The van der Waals surface area contributed by atoms with Crippen LogP contribution in [-0.2, 0) is 7.05 Å². The number of carbonyl (C=O) groups excluding carboxylic acids is 1. The van der Waals surface area contributed by atoms with Crippen LogP contribution in [0.5, 0.6) is 0 Å². The van der Waals surface area contributed by atoms with Gasteiger partial charge in [-0.3, -0.25) is 4.79 Å². The highest BCUT2D eigenvalue weighted by molar-refractivity contribution is 6.00. The molecule has 0 saturated heterocycles. The number of hydrogen-bond acceptors (Lipinski definition) is 4. The van der Waals surface area contributed by atoms with Crippen LogP contribution in [0.2, 0.25) is 0 Å². The topological polar surface area (TPSA) is 68.0 Å². The molecule has 0 spiro atoms. The molecule has 0 aromatic carbocycles. The van der Waals surface area contributed by atoms with Crippen LogP contribution in [0.3, 0.4) is 0 Å². The van der Waals surface area contributed by atoms with E-state index < -0.39 is 5.60 Å². The molecule has 0 bridgehead atoms. The lowest BCUT2D eigenvalue weighted by atomic mass is 10.0. The van der Waals surface area contributed by atoms with Crippen molar-refractivity contribution in [3.05, 3.63) is 11.9 Å². The van der Waals surface area contributed by atoms with Crippen LogP contribution < -0.4 is 0 Å². The van der Waals surface area contributed by atoms with Crippen LogP contribution in [0.15, 0.2) is 6.20 Å². The summed E-state index contributed by atoms with van der Waals surface area (Å²) >= 11 is 0. The third kappa shape index (κ3) is 1.50. The fourth-order valence-electron chi connectivity index (χ4n) is 0.809. The normalized spacial score (nSPS) is 11.7. The van der Waals surface area contributed by atoms with E-state index in [1.165, 1.54) is 24.7 Å². The summed E-state index contributed by atoms with van der Waals surface area (Å²) in [5, 5.41) is 16.5. The van der Waals surface area contributed by atoms with Gasteiger partial charge in [0.25, 0.3) is 0 Å². The van der Waals surface area contributed by atoms with E-state index in [4.69, 9.17) is 0 Å². The molecule has 1 heterocycles. The van der Waals surface area contributed by atoms with Crippen LogP contribution in [-0.4, -0.2) is 31.5 Å². The van der Waals surface area contributed by atoms with Crippen LogP contribution in [0.25, 0.3) is 0 Å². The Morgan fingerprint density at radius 2 is 2.25 bits per heavy atom. The maximum atomic E-state index is 11.4. The molecule has 0 aliphatic heterocycles. The van der Waals surface area contributed by atoms with Crippen molar-refractivity contribution in [2.45, 2.75) is 19.4 Å². The number of aliphatic hydroxyl groups is 1. The Balaban J connectivity index is 3.01. The van der Waals surface area contributed by atoms with E-state index >= 15 is 0 Å². The number of aryl methyl sites for hydroxylation is 1. The van der Waals surface area contributed by atoms with Gasteiger partial charge in [0.1, 0.15) is 11.3 Å². The van der Waals surface area contributed by atoms with Gasteiger partial charge in [-0.1, -0.05) is 5.21 Å². The summed E-state index contributed by atoms with van der Waals surface area (Å²) in [6.45, 7) is 2.87. The first-order valence-corrected chi connectivity index (χ1v) is 3.55. The molecular weight excluding hydrogens is 158 g/mol. The zero-order valence-electron chi connectivity index (χ0n) is 7.27. The maximum Gasteiger partial charge on any atom is 0.213 e. The third-order valence-electron chi connectivity index (χ3n) is 1.50. The predicted molar refractivity (Wildman–Crippen MR) is 41.6 cm³/mol. The van der Waals surface area contributed by atoms with Gasteiger partial charge in [-0.2, -0.15) is 0 Å². The van der Waals surface area contributed by atoms with Gasteiger partial charge in [-0.15, -0.1) is 5.10 Å². The molecular formula is C7H11N3O2. The van der Waals surface area contributed by atoms with Crippen molar-refractivity contribution in [1.82, 2.24) is 15.0 Å². The van der Waals surface area contributed by atoms with Gasteiger partial charge in [0.05, 0.1) is 6.20 Å². The molecule has 5 nitrogen and oxygen atoms in total. The predicted octanol–water partition coefficient (Wildman–Crippen LogP) is -0.231. The van der Waals surface area contributed by atoms with Gasteiger partial charge in [0.2, 0.25) is 5.78 Å². The fourth-order valence-corrected chi connectivity index (χ4v) is 0.809. The van der Waals surface area contributed by atoms with E-state index in [9.17, 15) is 9.90 Å². The lowest BCUT2D eigenvalue weighted by Crippen LogP contribution is -2.32. The van der Waals surface area contributed by atoms with Crippen LogP contribution in [0.1, 0.15) is 24.3 Å². The zero-order valence-corrected chi connectivity index (χ0v) is 7.27. The molecule has 0 aliphatic carbocycles. The minimum absolute atomic E-state index is 0.308. The van der Waals surface area contributed by atoms with Gasteiger partial charge < -0.3 is 5.11 Å². The smallest absolute Gasteiger partial charge is 0.213 e. The number of rotatable bonds is 2. The van der Waals surface area contributed by atoms with E-state index in [0.29, 0.717) is 5.69 Å². The third-order valence-corrected chi connectivity index (χ3v) is 1.50. The second-order valence-corrected chi connectivity index (χ2v) is 3.13. The van der Waals surface area contributed by atoms with Gasteiger partial charge in [0, 0.05) is 7.05 Å². The van der Waals surface area contributed by atoms with Crippen molar-refractivity contribution >= 4 is 5.78 Å². The molecule has 0 radical (unpaired) electrons. The van der Waals surface area contributed by atoms with Crippen molar-refractivity contribution in [3.8, 4) is 0 Å². The quantitative estimate of drug-likeness (QED) is 0.621. The number of aromatic nitrogens is 3. The molecule has 0 saturated carbocycles. The summed E-state index contributed by atoms with van der Waals surface area (Å²) in [7, 11) is 1.60. The lowest BCUT2D eigenvalue weighted by Gasteiger charge is -2.14. The van der Waals surface area contributed by atoms with Crippen LogP contribution >= 0.6 is 0 Å². The van der Waals surface area contributed by atoms with Crippen molar-refractivity contribution in [2.75, 3.05) is 0 Å². The van der Waals surface area contributed by atoms with Gasteiger partial charge in [0.15, 0.2) is 0 Å². The molecule has 0 amide bonds. The lowest BCUT2D eigenvalue weighted by molar-refractivity contribution is 0.0477. The van der Waals surface area contributed by atoms with E-state index in [2.05, 4.69) is 10.3 Å². The molecule has 1 aromatic rings. The highest BCUT2D eigenvalue weighted by Crippen LogP contribution is 2.09. The van der Waals surface area contributed by atoms with Crippen LogP contribution in [0.4, 0.5) is 0 Å². The van der Waals surface area contributed by atoms with E-state index in [-0.39, 0.29) is 5.78 Å². The molecule has 0 atom stereocenters. The largest absolute Gasteiger partial charge is 0.382 e. The Bertz CT molecular complexity index is 298. The SMILES string of the molecule is Cn1nncc1C(=O)C(C)(C)O. The van der Waals surface area contributed by atoms with Crippen molar-refractivity contribution in [1.29, 1.82) is 0 Å². The Morgan fingerprint density at radius 3 is 2.58 bits per heavy atom. The number of ketones is 1. The van der Waals surface area contributed by atoms with Crippen molar-refractivity contribution < 1.29 is 9.90 Å². The second-order valence-electron chi connectivity index (χ2n) is 3.13. The first-order chi connectivity index (χ1) is 5.43. The van der Waals surface area contributed by atoms with Crippen molar-refractivity contribution in [2.24, 2.45) is 7.05 Å². The molecule has 1 aromatic heterocycles. The van der Waals surface area contributed by atoms with Gasteiger partial charge in [-0.25, -0.2) is 4.68 Å². The number of hydrogen-bond donors (Lipinski definition) is 1. The number of nitrogens with zero attached hydrogens (tertiary/aromatic N) is 3. The average molecular weight is 169 g/mol. The molecule has 1 N–H and O–H groups in total. The first-order valence-electron chi connectivity index (χ1n) is 3.55. The Morgan fingerprint density at radius 1 is 1.67 bits per heavy atom. The summed E-state index contributed by atoms with van der Waals surface area (Å²) < 4.78 is 1.33. The molecule has 1 rings (SSSR count). The average Bonchev–Trinajstić information content (AvgIpc) is 2.31. The van der Waals surface area contributed by atoms with E-state index in [1.54, 1.807) is 7.05 Å². The Labute approximate surface area is 70.0 Å². The molecule has 12 heavy (non-hydrogen) atoms. The van der Waals surface area contributed by atoms with E-state index in [0.717, 1.165) is 0 Å². The van der Waals surface area contributed by atoms with E-state index in [1.807, 2.05) is 0 Å². The fraction of sp³-hybridized carbons (Fsp3) is 0.571. The molecule has 5 heteroatoms. The summed E-state index contributed by atoms with van der Waals surface area (Å²) in [5.41, 5.74) is -1.06. The number of Topliss-reactive ketones (excluding diaryl/α,β-unsaturated/α-hetero) is 1. The monoisotopic (exact) mass is 169 g/mol. The second kappa shape index (κ2) is 2.67.